The number of rotatable bonds is 4. The number of thiophene rings is 1. The lowest BCUT2D eigenvalue weighted by Gasteiger charge is -2.08. The third-order valence-electron chi connectivity index (χ3n) is 1.87. The second kappa shape index (κ2) is 4.76. The van der Waals surface area contributed by atoms with Crippen LogP contribution in [0.25, 0.3) is 0 Å². The molecule has 0 N–H and O–H groups in total. The molecule has 0 amide bonds. The van der Waals surface area contributed by atoms with Gasteiger partial charge in [0.15, 0.2) is 9.84 Å². The molecule has 1 aromatic rings. The summed E-state index contributed by atoms with van der Waals surface area (Å²) in [5.41, 5.74) is 0. The number of carbonyl (C=O) groups is 1. The Morgan fingerprint density at radius 2 is 2.27 bits per heavy atom. The van der Waals surface area contributed by atoms with Gasteiger partial charge in [-0.1, -0.05) is 13.0 Å². The molecule has 0 saturated heterocycles. The van der Waals surface area contributed by atoms with Crippen molar-refractivity contribution >= 4 is 27.1 Å². The molecule has 0 saturated carbocycles. The zero-order valence-electron chi connectivity index (χ0n) is 8.47. The molecule has 0 spiro atoms. The Bertz CT molecular complexity index is 419. The predicted molar refractivity (Wildman–Crippen MR) is 57.6 cm³/mol. The van der Waals surface area contributed by atoms with Gasteiger partial charge in [-0.05, 0) is 11.4 Å². The maximum atomic E-state index is 11.7. The van der Waals surface area contributed by atoms with Crippen molar-refractivity contribution in [2.45, 2.75) is 11.1 Å². The Labute approximate surface area is 92.8 Å². The first-order chi connectivity index (χ1) is 6.97. The van der Waals surface area contributed by atoms with Crippen molar-refractivity contribution in [3.05, 3.63) is 17.5 Å². The summed E-state index contributed by atoms with van der Waals surface area (Å²) in [6.07, 6.45) is 0. The first-order valence-corrected chi connectivity index (χ1v) is 6.84. The highest BCUT2D eigenvalue weighted by molar-refractivity contribution is 7.93. The summed E-state index contributed by atoms with van der Waals surface area (Å²) in [5, 5.41) is 1.69. The lowest BCUT2D eigenvalue weighted by molar-refractivity contribution is -0.144. The number of ether oxygens (including phenoxy) is 1. The molecule has 4 nitrogen and oxygen atoms in total. The molecule has 0 aliphatic carbocycles. The topological polar surface area (TPSA) is 60.4 Å². The average Bonchev–Trinajstić information content (AvgIpc) is 2.69. The summed E-state index contributed by atoms with van der Waals surface area (Å²) in [7, 11) is -2.11. The smallest absolute Gasteiger partial charge is 0.309 e. The van der Waals surface area contributed by atoms with E-state index in [1.54, 1.807) is 11.4 Å². The first kappa shape index (κ1) is 12.2. The first-order valence-electron chi connectivity index (χ1n) is 4.31. The van der Waals surface area contributed by atoms with E-state index < -0.39 is 21.7 Å². The van der Waals surface area contributed by atoms with Crippen LogP contribution in [-0.2, 0) is 19.4 Å². The lowest BCUT2D eigenvalue weighted by atomic mass is 10.2. The molecule has 1 unspecified atom stereocenters. The van der Waals surface area contributed by atoms with E-state index in [-0.39, 0.29) is 5.75 Å². The van der Waals surface area contributed by atoms with Gasteiger partial charge in [-0.25, -0.2) is 8.42 Å². The number of hydrogen-bond donors (Lipinski definition) is 0. The second-order valence-corrected chi connectivity index (χ2v) is 6.35. The van der Waals surface area contributed by atoms with Crippen molar-refractivity contribution in [3.8, 4) is 0 Å². The molecule has 1 aromatic heterocycles. The quantitative estimate of drug-likeness (QED) is 0.754. The van der Waals surface area contributed by atoms with Crippen LogP contribution in [0.3, 0.4) is 0 Å². The molecule has 0 aliphatic heterocycles. The van der Waals surface area contributed by atoms with E-state index in [9.17, 15) is 13.2 Å². The van der Waals surface area contributed by atoms with E-state index in [0.29, 0.717) is 4.21 Å². The van der Waals surface area contributed by atoms with Crippen LogP contribution in [0.2, 0.25) is 0 Å². The zero-order valence-corrected chi connectivity index (χ0v) is 10.1. The van der Waals surface area contributed by atoms with E-state index in [0.717, 1.165) is 11.3 Å². The highest BCUT2D eigenvalue weighted by Gasteiger charge is 2.24. The highest BCUT2D eigenvalue weighted by Crippen LogP contribution is 2.19. The highest BCUT2D eigenvalue weighted by atomic mass is 32.2. The minimum atomic E-state index is -3.35. The van der Waals surface area contributed by atoms with E-state index in [4.69, 9.17) is 0 Å². The van der Waals surface area contributed by atoms with Crippen LogP contribution in [-0.4, -0.2) is 27.2 Å². The molecule has 1 rings (SSSR count). The van der Waals surface area contributed by atoms with E-state index in [1.165, 1.54) is 20.1 Å². The molecule has 1 atom stereocenters. The van der Waals surface area contributed by atoms with E-state index in [2.05, 4.69) is 4.74 Å². The summed E-state index contributed by atoms with van der Waals surface area (Å²) in [5.74, 6) is -1.35. The Morgan fingerprint density at radius 1 is 1.60 bits per heavy atom. The van der Waals surface area contributed by atoms with Gasteiger partial charge < -0.3 is 4.74 Å². The fraction of sp³-hybridized carbons (Fsp3) is 0.444. The molecule has 0 bridgehead atoms. The number of hydrogen-bond acceptors (Lipinski definition) is 5. The number of sulfone groups is 1. The molecule has 84 valence electrons. The molecule has 1 heterocycles. The summed E-state index contributed by atoms with van der Waals surface area (Å²) >= 11 is 1.15. The summed E-state index contributed by atoms with van der Waals surface area (Å²) < 4.78 is 28.2. The largest absolute Gasteiger partial charge is 0.469 e. The van der Waals surface area contributed by atoms with Crippen LogP contribution in [0.1, 0.15) is 6.92 Å². The van der Waals surface area contributed by atoms with Crippen LogP contribution in [0.5, 0.6) is 0 Å². The standard InChI is InChI=1S/C9H12O4S2/c1-7(9(10)13-2)6-15(11,12)8-4-3-5-14-8/h3-5,7H,6H2,1-2H3. The van der Waals surface area contributed by atoms with Crippen LogP contribution in [0, 0.1) is 5.92 Å². The van der Waals surface area contributed by atoms with Gasteiger partial charge in [0.25, 0.3) is 0 Å². The van der Waals surface area contributed by atoms with Crippen molar-refractivity contribution in [2.24, 2.45) is 5.92 Å². The molecule has 15 heavy (non-hydrogen) atoms. The van der Waals surface area contributed by atoms with Crippen molar-refractivity contribution in [3.63, 3.8) is 0 Å². The predicted octanol–water partition coefficient (Wildman–Crippen LogP) is 1.33. The van der Waals surface area contributed by atoms with Gasteiger partial charge >= 0.3 is 5.97 Å². The Morgan fingerprint density at radius 3 is 2.73 bits per heavy atom. The van der Waals surface area contributed by atoms with Gasteiger partial charge in [-0.3, -0.25) is 4.79 Å². The zero-order chi connectivity index (χ0) is 11.5. The molecule has 6 heteroatoms. The van der Waals surface area contributed by atoms with E-state index in [1.807, 2.05) is 0 Å². The van der Waals surface area contributed by atoms with Gasteiger partial charge in [0.05, 0.1) is 18.8 Å². The maximum Gasteiger partial charge on any atom is 0.309 e. The van der Waals surface area contributed by atoms with Gasteiger partial charge in [0, 0.05) is 0 Å². The maximum absolute atomic E-state index is 11.7. The van der Waals surface area contributed by atoms with Crippen molar-refractivity contribution in [2.75, 3.05) is 12.9 Å². The van der Waals surface area contributed by atoms with Gasteiger partial charge in [0.2, 0.25) is 0 Å². The van der Waals surface area contributed by atoms with Gasteiger partial charge in [0.1, 0.15) is 4.21 Å². The Kier molecular flexibility index (Phi) is 3.87. The summed E-state index contributed by atoms with van der Waals surface area (Å²) in [4.78, 5) is 11.1. The fourth-order valence-corrected chi connectivity index (χ4v) is 3.77. The molecule has 0 fully saturated rings. The van der Waals surface area contributed by atoms with Crippen LogP contribution in [0.4, 0.5) is 0 Å². The van der Waals surface area contributed by atoms with Gasteiger partial charge in [-0.2, -0.15) is 0 Å². The van der Waals surface area contributed by atoms with Crippen molar-refractivity contribution in [1.29, 1.82) is 0 Å². The van der Waals surface area contributed by atoms with Gasteiger partial charge in [-0.15, -0.1) is 11.3 Å². The third-order valence-corrected chi connectivity index (χ3v) is 5.27. The summed E-state index contributed by atoms with van der Waals surface area (Å²) in [6.45, 7) is 1.54. The molecule has 0 radical (unpaired) electrons. The van der Waals surface area contributed by atoms with E-state index >= 15 is 0 Å². The van der Waals surface area contributed by atoms with Crippen molar-refractivity contribution < 1.29 is 17.9 Å². The molecular weight excluding hydrogens is 236 g/mol. The minimum Gasteiger partial charge on any atom is -0.469 e. The molecule has 0 aromatic carbocycles. The minimum absolute atomic E-state index is 0.208. The number of carbonyl (C=O) groups excluding carboxylic acids is 1. The second-order valence-electron chi connectivity index (χ2n) is 3.14. The number of esters is 1. The van der Waals surface area contributed by atoms with Crippen molar-refractivity contribution in [1.82, 2.24) is 0 Å². The lowest BCUT2D eigenvalue weighted by Crippen LogP contribution is -2.22. The molecule has 0 aliphatic rings. The monoisotopic (exact) mass is 248 g/mol. The normalized spacial score (nSPS) is 13.5. The summed E-state index contributed by atoms with van der Waals surface area (Å²) in [6, 6.07) is 3.20. The Balaban J connectivity index is 2.78. The number of methoxy groups -OCH3 is 1. The third kappa shape index (κ3) is 3.04. The fourth-order valence-electron chi connectivity index (χ4n) is 1.12. The Hall–Kier alpha value is -0.880. The van der Waals surface area contributed by atoms with Crippen LogP contribution in [0.15, 0.2) is 21.7 Å². The van der Waals surface area contributed by atoms with Crippen LogP contribution < -0.4 is 0 Å². The average molecular weight is 248 g/mol. The van der Waals surface area contributed by atoms with Crippen LogP contribution >= 0.6 is 11.3 Å². The SMILES string of the molecule is COC(=O)C(C)CS(=O)(=O)c1cccs1. The molecular formula is C9H12O4S2.